The summed E-state index contributed by atoms with van der Waals surface area (Å²) < 4.78 is 7.75. The van der Waals surface area contributed by atoms with Crippen molar-refractivity contribution in [2.75, 3.05) is 13.2 Å². The van der Waals surface area contributed by atoms with Crippen molar-refractivity contribution in [2.24, 2.45) is 0 Å². The van der Waals surface area contributed by atoms with E-state index in [2.05, 4.69) is 21.5 Å². The summed E-state index contributed by atoms with van der Waals surface area (Å²) in [7, 11) is 0. The Morgan fingerprint density at radius 2 is 2.24 bits per heavy atom. The van der Waals surface area contributed by atoms with Crippen molar-refractivity contribution in [3.63, 3.8) is 0 Å². The van der Waals surface area contributed by atoms with E-state index in [1.165, 1.54) is 0 Å². The van der Waals surface area contributed by atoms with E-state index >= 15 is 0 Å². The Bertz CT molecular complexity index is 514. The second kappa shape index (κ2) is 4.45. The van der Waals surface area contributed by atoms with E-state index in [0.717, 1.165) is 49.5 Å². The summed E-state index contributed by atoms with van der Waals surface area (Å²) in [6.45, 7) is 3.84. The van der Waals surface area contributed by atoms with Gasteiger partial charge in [-0.15, -0.1) is 0 Å². The second-order valence-electron chi connectivity index (χ2n) is 4.44. The van der Waals surface area contributed by atoms with Gasteiger partial charge in [-0.25, -0.2) is 9.97 Å². The van der Waals surface area contributed by atoms with E-state index in [9.17, 15) is 0 Å². The summed E-state index contributed by atoms with van der Waals surface area (Å²) in [4.78, 5) is 9.15. The maximum absolute atomic E-state index is 5.43. The van der Waals surface area contributed by atoms with E-state index in [1.54, 1.807) is 0 Å². The van der Waals surface area contributed by atoms with Crippen molar-refractivity contribution in [3.05, 3.63) is 24.2 Å². The topological polar surface area (TPSA) is 39.9 Å². The Morgan fingerprint density at radius 1 is 1.41 bits per heavy atom. The fourth-order valence-corrected chi connectivity index (χ4v) is 2.55. The van der Waals surface area contributed by atoms with Gasteiger partial charge in [-0.2, -0.15) is 0 Å². The molecule has 0 aromatic carbocycles. The molecule has 0 aliphatic carbocycles. The van der Waals surface area contributed by atoms with Crippen LogP contribution >= 0.6 is 0 Å². The number of nitrogens with zero attached hydrogens (tertiary/aromatic N) is 3. The van der Waals surface area contributed by atoms with Crippen LogP contribution in [0.5, 0.6) is 0 Å². The molecule has 0 spiro atoms. The van der Waals surface area contributed by atoms with Gasteiger partial charge in [-0.1, -0.05) is 6.92 Å². The van der Waals surface area contributed by atoms with Gasteiger partial charge in [0.2, 0.25) is 0 Å². The van der Waals surface area contributed by atoms with Crippen LogP contribution in [0, 0.1) is 0 Å². The number of pyridine rings is 1. The molecule has 0 unspecified atom stereocenters. The lowest BCUT2D eigenvalue weighted by Crippen LogP contribution is -2.21. The number of fused-ring (bicyclic) bond motifs is 1. The van der Waals surface area contributed by atoms with Crippen LogP contribution in [0.1, 0.15) is 31.6 Å². The van der Waals surface area contributed by atoms with Gasteiger partial charge in [0.25, 0.3) is 0 Å². The van der Waals surface area contributed by atoms with E-state index in [4.69, 9.17) is 4.74 Å². The zero-order chi connectivity index (χ0) is 11.7. The third kappa shape index (κ3) is 1.82. The zero-order valence-corrected chi connectivity index (χ0v) is 10.1. The number of aryl methyl sites for hydroxylation is 1. The van der Waals surface area contributed by atoms with Crippen LogP contribution < -0.4 is 0 Å². The zero-order valence-electron chi connectivity index (χ0n) is 10.1. The first kappa shape index (κ1) is 10.7. The minimum atomic E-state index is 0.499. The summed E-state index contributed by atoms with van der Waals surface area (Å²) in [5.74, 6) is 1.14. The standard InChI is InChI=1S/C13H17N3O/c1-2-12-15-11-4-3-7-14-13(11)16(12)10-5-8-17-9-6-10/h3-4,7,10H,2,5-6,8-9H2,1H3. The molecule has 1 saturated heterocycles. The minimum Gasteiger partial charge on any atom is -0.381 e. The highest BCUT2D eigenvalue weighted by atomic mass is 16.5. The van der Waals surface area contributed by atoms with Crippen molar-refractivity contribution >= 4 is 11.2 Å². The van der Waals surface area contributed by atoms with Crippen molar-refractivity contribution in [1.82, 2.24) is 14.5 Å². The van der Waals surface area contributed by atoms with Crippen LogP contribution in [0.4, 0.5) is 0 Å². The van der Waals surface area contributed by atoms with Gasteiger partial charge >= 0.3 is 0 Å². The molecule has 1 aliphatic rings. The Morgan fingerprint density at radius 3 is 3.00 bits per heavy atom. The summed E-state index contributed by atoms with van der Waals surface area (Å²) in [5, 5.41) is 0. The molecule has 0 N–H and O–H groups in total. The van der Waals surface area contributed by atoms with Gasteiger partial charge in [0.1, 0.15) is 11.3 Å². The molecule has 0 atom stereocenters. The largest absolute Gasteiger partial charge is 0.381 e. The highest BCUT2D eigenvalue weighted by molar-refractivity contribution is 5.71. The molecule has 0 saturated carbocycles. The Balaban J connectivity index is 2.11. The number of rotatable bonds is 2. The van der Waals surface area contributed by atoms with Gasteiger partial charge in [-0.3, -0.25) is 0 Å². The lowest BCUT2D eigenvalue weighted by atomic mass is 10.1. The van der Waals surface area contributed by atoms with E-state index in [-0.39, 0.29) is 0 Å². The summed E-state index contributed by atoms with van der Waals surface area (Å²) >= 11 is 0. The highest BCUT2D eigenvalue weighted by Crippen LogP contribution is 2.26. The number of hydrogen-bond acceptors (Lipinski definition) is 3. The molecule has 0 radical (unpaired) electrons. The predicted molar refractivity (Wildman–Crippen MR) is 66.0 cm³/mol. The predicted octanol–water partition coefficient (Wildman–Crippen LogP) is 2.35. The molecule has 0 amide bonds. The van der Waals surface area contributed by atoms with Crippen LogP contribution in [0.25, 0.3) is 11.2 Å². The average Bonchev–Trinajstić information content (AvgIpc) is 2.78. The molecule has 2 aromatic rings. The van der Waals surface area contributed by atoms with Crippen molar-refractivity contribution < 1.29 is 4.74 Å². The van der Waals surface area contributed by atoms with Crippen LogP contribution in [0.3, 0.4) is 0 Å². The number of aromatic nitrogens is 3. The van der Waals surface area contributed by atoms with E-state index < -0.39 is 0 Å². The maximum atomic E-state index is 5.43. The molecule has 3 heterocycles. The van der Waals surface area contributed by atoms with Crippen molar-refractivity contribution in [2.45, 2.75) is 32.2 Å². The van der Waals surface area contributed by atoms with Crippen LogP contribution in [-0.2, 0) is 11.2 Å². The number of imidazole rings is 1. The Kier molecular flexibility index (Phi) is 2.81. The smallest absolute Gasteiger partial charge is 0.160 e. The maximum Gasteiger partial charge on any atom is 0.160 e. The number of ether oxygens (including phenoxy) is 1. The molecule has 3 rings (SSSR count). The van der Waals surface area contributed by atoms with E-state index in [1.807, 2.05) is 18.3 Å². The summed E-state index contributed by atoms with van der Waals surface area (Å²) in [5.41, 5.74) is 2.03. The van der Waals surface area contributed by atoms with Gasteiger partial charge < -0.3 is 9.30 Å². The molecular weight excluding hydrogens is 214 g/mol. The van der Waals surface area contributed by atoms with Gasteiger partial charge in [0.15, 0.2) is 5.65 Å². The quantitative estimate of drug-likeness (QED) is 0.796. The van der Waals surface area contributed by atoms with Crippen LogP contribution in [0.2, 0.25) is 0 Å². The van der Waals surface area contributed by atoms with Crippen molar-refractivity contribution in [3.8, 4) is 0 Å². The molecule has 0 bridgehead atoms. The molecular formula is C13H17N3O. The molecule has 4 nitrogen and oxygen atoms in total. The third-order valence-electron chi connectivity index (χ3n) is 3.39. The average molecular weight is 231 g/mol. The Hall–Kier alpha value is -1.42. The second-order valence-corrected chi connectivity index (χ2v) is 4.44. The molecule has 4 heteroatoms. The first-order chi connectivity index (χ1) is 8.40. The molecule has 1 fully saturated rings. The SMILES string of the molecule is CCc1nc2cccnc2n1C1CCOCC1. The Labute approximate surface area is 101 Å². The summed E-state index contributed by atoms with van der Waals surface area (Å²) in [6, 6.07) is 4.49. The van der Waals surface area contributed by atoms with Crippen molar-refractivity contribution in [1.29, 1.82) is 0 Å². The monoisotopic (exact) mass is 231 g/mol. The lowest BCUT2D eigenvalue weighted by molar-refractivity contribution is 0.0698. The first-order valence-corrected chi connectivity index (χ1v) is 6.29. The summed E-state index contributed by atoms with van der Waals surface area (Å²) in [6.07, 6.45) is 4.93. The molecule has 1 aliphatic heterocycles. The van der Waals surface area contributed by atoms with E-state index in [0.29, 0.717) is 6.04 Å². The van der Waals surface area contributed by atoms with Crippen LogP contribution in [0.15, 0.2) is 18.3 Å². The lowest BCUT2D eigenvalue weighted by Gasteiger charge is -2.25. The van der Waals surface area contributed by atoms with Gasteiger partial charge in [0, 0.05) is 31.9 Å². The number of hydrogen-bond donors (Lipinski definition) is 0. The van der Waals surface area contributed by atoms with Crippen LogP contribution in [-0.4, -0.2) is 27.7 Å². The fraction of sp³-hybridized carbons (Fsp3) is 0.538. The minimum absolute atomic E-state index is 0.499. The van der Waals surface area contributed by atoms with Gasteiger partial charge in [0.05, 0.1) is 0 Å². The molecule has 2 aromatic heterocycles. The molecule has 90 valence electrons. The highest BCUT2D eigenvalue weighted by Gasteiger charge is 2.21. The molecule has 17 heavy (non-hydrogen) atoms. The fourth-order valence-electron chi connectivity index (χ4n) is 2.55. The van der Waals surface area contributed by atoms with Gasteiger partial charge in [-0.05, 0) is 25.0 Å². The third-order valence-corrected chi connectivity index (χ3v) is 3.39. The first-order valence-electron chi connectivity index (χ1n) is 6.29. The normalized spacial score (nSPS) is 17.7.